The Morgan fingerprint density at radius 3 is 2.52 bits per heavy atom. The molecule has 1 aliphatic carbocycles. The molecule has 23 heavy (non-hydrogen) atoms. The van der Waals surface area contributed by atoms with Crippen LogP contribution in [0, 0.1) is 5.92 Å². The fourth-order valence-corrected chi connectivity index (χ4v) is 2.83. The molecule has 128 valence electrons. The van der Waals surface area contributed by atoms with Crippen molar-refractivity contribution >= 4 is 5.91 Å². The molecule has 6 heteroatoms. The van der Waals surface area contributed by atoms with E-state index in [4.69, 9.17) is 0 Å². The fourth-order valence-electron chi connectivity index (χ4n) is 2.83. The summed E-state index contributed by atoms with van der Waals surface area (Å²) in [6.45, 7) is 5.58. The number of alkyl halides is 3. The van der Waals surface area contributed by atoms with E-state index in [1.54, 1.807) is 17.9 Å². The molecule has 0 aliphatic heterocycles. The van der Waals surface area contributed by atoms with E-state index in [0.717, 1.165) is 12.1 Å². The lowest BCUT2D eigenvalue weighted by Gasteiger charge is -2.28. The van der Waals surface area contributed by atoms with Crippen molar-refractivity contribution in [1.82, 2.24) is 4.90 Å². The summed E-state index contributed by atoms with van der Waals surface area (Å²) in [5.74, 6) is -0.553. The van der Waals surface area contributed by atoms with Crippen molar-refractivity contribution in [3.05, 3.63) is 35.4 Å². The van der Waals surface area contributed by atoms with Crippen molar-refractivity contribution in [2.75, 3.05) is 6.54 Å². The van der Waals surface area contributed by atoms with Gasteiger partial charge in [-0.2, -0.15) is 13.2 Å². The second-order valence-corrected chi connectivity index (χ2v) is 6.51. The molecular formula is C17H22F3NO2. The van der Waals surface area contributed by atoms with E-state index in [-0.39, 0.29) is 30.3 Å². The molecule has 0 aromatic heterocycles. The second kappa shape index (κ2) is 6.51. The van der Waals surface area contributed by atoms with Gasteiger partial charge in [0.15, 0.2) is 0 Å². The maximum atomic E-state index is 12.8. The van der Waals surface area contributed by atoms with Crippen LogP contribution in [0.15, 0.2) is 24.3 Å². The Bertz CT molecular complexity index is 569. The normalized spacial score (nSPS) is 22.1. The first kappa shape index (κ1) is 17.8. The lowest BCUT2D eigenvalue weighted by atomic mass is 10.0. The monoisotopic (exact) mass is 329 g/mol. The third-order valence-electron chi connectivity index (χ3n) is 4.12. The number of amides is 1. The van der Waals surface area contributed by atoms with Crippen LogP contribution in [0.4, 0.5) is 13.2 Å². The summed E-state index contributed by atoms with van der Waals surface area (Å²) in [5, 5.41) is 9.51. The average Bonchev–Trinajstić information content (AvgIpc) is 3.23. The molecule has 0 radical (unpaired) electrons. The van der Waals surface area contributed by atoms with E-state index in [1.165, 1.54) is 6.07 Å². The molecule has 1 aliphatic rings. The van der Waals surface area contributed by atoms with Gasteiger partial charge >= 0.3 is 6.18 Å². The third kappa shape index (κ3) is 4.25. The van der Waals surface area contributed by atoms with Crippen LogP contribution in [0.3, 0.4) is 0 Å². The van der Waals surface area contributed by atoms with Crippen molar-refractivity contribution in [2.45, 2.75) is 51.4 Å². The van der Waals surface area contributed by atoms with Gasteiger partial charge in [-0.05, 0) is 44.7 Å². The Morgan fingerprint density at radius 1 is 1.35 bits per heavy atom. The number of carbonyl (C=O) groups is 1. The molecule has 1 amide bonds. The van der Waals surface area contributed by atoms with Crippen LogP contribution in [0.1, 0.15) is 44.2 Å². The van der Waals surface area contributed by atoms with Gasteiger partial charge in [-0.15, -0.1) is 0 Å². The predicted molar refractivity (Wildman–Crippen MR) is 80.8 cm³/mol. The summed E-state index contributed by atoms with van der Waals surface area (Å²) in [7, 11) is 0. The lowest BCUT2D eigenvalue weighted by molar-refractivity contribution is -0.137. The van der Waals surface area contributed by atoms with E-state index in [0.29, 0.717) is 12.0 Å². The lowest BCUT2D eigenvalue weighted by Crippen LogP contribution is -2.42. The molecule has 0 saturated heterocycles. The minimum Gasteiger partial charge on any atom is -0.392 e. The molecule has 3 nitrogen and oxygen atoms in total. The van der Waals surface area contributed by atoms with E-state index in [9.17, 15) is 23.1 Å². The first-order chi connectivity index (χ1) is 10.6. The van der Waals surface area contributed by atoms with Crippen LogP contribution >= 0.6 is 0 Å². The maximum absolute atomic E-state index is 12.8. The minimum absolute atomic E-state index is 0.0557. The molecule has 3 unspecified atom stereocenters. The van der Waals surface area contributed by atoms with Gasteiger partial charge in [0.1, 0.15) is 0 Å². The number of benzene rings is 1. The molecule has 1 N–H and O–H groups in total. The summed E-state index contributed by atoms with van der Waals surface area (Å²) in [6.07, 6.45) is -4.45. The van der Waals surface area contributed by atoms with Gasteiger partial charge in [-0.1, -0.05) is 18.2 Å². The zero-order valence-corrected chi connectivity index (χ0v) is 13.5. The summed E-state index contributed by atoms with van der Waals surface area (Å²) < 4.78 is 38.3. The smallest absolute Gasteiger partial charge is 0.392 e. The molecule has 1 fully saturated rings. The van der Waals surface area contributed by atoms with Crippen LogP contribution in [0.2, 0.25) is 0 Å². The summed E-state index contributed by atoms with van der Waals surface area (Å²) in [4.78, 5) is 14.1. The number of aliphatic hydroxyl groups is 1. The summed E-state index contributed by atoms with van der Waals surface area (Å²) >= 11 is 0. The number of halogens is 3. The van der Waals surface area contributed by atoms with Gasteiger partial charge in [-0.25, -0.2) is 0 Å². The van der Waals surface area contributed by atoms with Crippen LogP contribution in [0.5, 0.6) is 0 Å². The van der Waals surface area contributed by atoms with Gasteiger partial charge in [-0.3, -0.25) is 4.79 Å². The number of aliphatic hydroxyl groups excluding tert-OH is 1. The fraction of sp³-hybridized carbons (Fsp3) is 0.588. The Kier molecular flexibility index (Phi) is 5.04. The summed E-state index contributed by atoms with van der Waals surface area (Å²) in [6, 6.07) is 5.14. The van der Waals surface area contributed by atoms with Crippen LogP contribution in [0.25, 0.3) is 0 Å². The van der Waals surface area contributed by atoms with Crippen LogP contribution < -0.4 is 0 Å². The van der Waals surface area contributed by atoms with Gasteiger partial charge < -0.3 is 10.0 Å². The topological polar surface area (TPSA) is 40.5 Å². The highest BCUT2D eigenvalue weighted by Gasteiger charge is 2.46. The van der Waals surface area contributed by atoms with Crippen LogP contribution in [-0.2, 0) is 11.0 Å². The maximum Gasteiger partial charge on any atom is 0.416 e. The number of nitrogens with zero attached hydrogens (tertiary/aromatic N) is 1. The second-order valence-electron chi connectivity index (χ2n) is 6.51. The van der Waals surface area contributed by atoms with Gasteiger partial charge in [0.25, 0.3) is 0 Å². The molecule has 2 rings (SSSR count). The van der Waals surface area contributed by atoms with E-state index >= 15 is 0 Å². The number of hydrogen-bond acceptors (Lipinski definition) is 2. The quantitative estimate of drug-likeness (QED) is 0.899. The van der Waals surface area contributed by atoms with Crippen molar-refractivity contribution in [1.29, 1.82) is 0 Å². The van der Waals surface area contributed by atoms with E-state index < -0.39 is 17.8 Å². The standard InChI is InChI=1S/C17H22F3NO2/c1-10(2)21(9-11(3)22)16(23)15-8-14(15)12-5-4-6-13(7-12)17(18,19)20/h4-7,10-11,14-15,22H,8-9H2,1-3H3. The highest BCUT2D eigenvalue weighted by molar-refractivity contribution is 5.83. The first-order valence-corrected chi connectivity index (χ1v) is 7.77. The Labute approximate surface area is 134 Å². The summed E-state index contributed by atoms with van der Waals surface area (Å²) in [5.41, 5.74) is -0.128. The van der Waals surface area contributed by atoms with E-state index in [2.05, 4.69) is 0 Å². The first-order valence-electron chi connectivity index (χ1n) is 7.77. The van der Waals surface area contributed by atoms with Crippen molar-refractivity contribution in [3.63, 3.8) is 0 Å². The van der Waals surface area contributed by atoms with Crippen molar-refractivity contribution < 1.29 is 23.1 Å². The third-order valence-corrected chi connectivity index (χ3v) is 4.12. The Hall–Kier alpha value is -1.56. The van der Waals surface area contributed by atoms with Crippen molar-refractivity contribution in [2.24, 2.45) is 5.92 Å². The minimum atomic E-state index is -4.37. The van der Waals surface area contributed by atoms with Crippen molar-refractivity contribution in [3.8, 4) is 0 Å². The molecule has 0 bridgehead atoms. The Balaban J connectivity index is 2.11. The molecule has 0 heterocycles. The largest absolute Gasteiger partial charge is 0.416 e. The molecular weight excluding hydrogens is 307 g/mol. The zero-order chi connectivity index (χ0) is 17.4. The molecule has 0 spiro atoms. The zero-order valence-electron chi connectivity index (χ0n) is 13.5. The molecule has 3 atom stereocenters. The van der Waals surface area contributed by atoms with E-state index in [1.807, 2.05) is 13.8 Å². The highest BCUT2D eigenvalue weighted by atomic mass is 19.4. The van der Waals surface area contributed by atoms with Gasteiger partial charge in [0.05, 0.1) is 11.7 Å². The van der Waals surface area contributed by atoms with Crippen LogP contribution in [-0.4, -0.2) is 34.6 Å². The highest BCUT2D eigenvalue weighted by Crippen LogP contribution is 2.49. The molecule has 1 aromatic carbocycles. The SMILES string of the molecule is CC(O)CN(C(=O)C1CC1c1cccc(C(F)(F)F)c1)C(C)C. The average molecular weight is 329 g/mol. The number of hydrogen-bond donors (Lipinski definition) is 1. The predicted octanol–water partition coefficient (Wildman–Crippen LogP) is 3.43. The Morgan fingerprint density at radius 2 is 2.00 bits per heavy atom. The number of carbonyl (C=O) groups excluding carboxylic acids is 1. The van der Waals surface area contributed by atoms with Gasteiger partial charge in [0.2, 0.25) is 5.91 Å². The number of rotatable bonds is 5. The molecule has 1 saturated carbocycles. The molecule has 1 aromatic rings. The van der Waals surface area contributed by atoms with Gasteiger partial charge in [0, 0.05) is 18.5 Å².